The number of hydrogen-bond donors (Lipinski definition) is 0. The smallest absolute Gasteiger partial charge is 0.341 e. The van der Waals surface area contributed by atoms with E-state index >= 15 is 0 Å². The van der Waals surface area contributed by atoms with Crippen LogP contribution in [-0.4, -0.2) is 36.8 Å². The Balaban J connectivity index is -0.000000247. The zero-order valence-electron chi connectivity index (χ0n) is 32.1. The van der Waals surface area contributed by atoms with Gasteiger partial charge in [0.15, 0.2) is 0 Å². The number of aromatic nitrogens is 1. The van der Waals surface area contributed by atoms with Gasteiger partial charge < -0.3 is 28.5 Å². The first kappa shape index (κ1) is 51.8. The van der Waals surface area contributed by atoms with Crippen molar-refractivity contribution in [1.82, 2.24) is 9.88 Å². The molecule has 45 heavy (non-hydrogen) atoms. The molecule has 1 aromatic heterocycles. The number of carbonyl (C=O) groups excluding carboxylic acids is 1. The van der Waals surface area contributed by atoms with Crippen LogP contribution in [0.1, 0.15) is 143 Å². The van der Waals surface area contributed by atoms with Crippen LogP contribution in [0, 0.1) is 43.9 Å². The van der Waals surface area contributed by atoms with Gasteiger partial charge in [-0.15, -0.1) is 17.5 Å². The van der Waals surface area contributed by atoms with E-state index in [1.165, 1.54) is 76.0 Å². The first-order chi connectivity index (χ1) is 20.6. The molecule has 0 aromatic carbocycles. The number of thiazole rings is 1. The van der Waals surface area contributed by atoms with Crippen molar-refractivity contribution in [2.75, 3.05) is 20.6 Å². The molecule has 0 radical (unpaired) electrons. The fourth-order valence-corrected chi connectivity index (χ4v) is 4.38. The van der Waals surface area contributed by atoms with Gasteiger partial charge >= 0.3 is 51.4 Å². The first-order valence-electron chi connectivity index (χ1n) is 17.1. The Labute approximate surface area is 330 Å². The summed E-state index contributed by atoms with van der Waals surface area (Å²) in [6.07, 6.45) is 23.6. The van der Waals surface area contributed by atoms with E-state index in [0.717, 1.165) is 41.4 Å². The van der Waals surface area contributed by atoms with Gasteiger partial charge in [0.05, 0.1) is 5.01 Å². The van der Waals surface area contributed by atoms with Crippen molar-refractivity contribution in [3.05, 3.63) is 67.2 Å². The number of allylic oxidation sites excluding steroid dienone is 5. The molecule has 5 heteroatoms. The van der Waals surface area contributed by atoms with E-state index in [9.17, 15) is 0 Å². The maximum absolute atomic E-state index is 8.81. The second kappa shape index (κ2) is 33.9. The summed E-state index contributed by atoms with van der Waals surface area (Å²) in [6, 6.07) is 0. The fourth-order valence-electron chi connectivity index (χ4n) is 3.62. The summed E-state index contributed by atoms with van der Waals surface area (Å²) in [5.41, 5.74) is 2.84. The molecule has 2 aliphatic carbocycles. The van der Waals surface area contributed by atoms with Crippen LogP contribution in [0.15, 0.2) is 36.6 Å². The number of rotatable bonds is 9. The van der Waals surface area contributed by atoms with Gasteiger partial charge in [0.25, 0.3) is 0 Å². The molecular weight excluding hydrogens is 596 g/mol. The van der Waals surface area contributed by atoms with Crippen LogP contribution in [0.5, 0.6) is 0 Å². The Bertz CT molecular complexity index is 852. The molecule has 2 atom stereocenters. The molecule has 2 saturated carbocycles. The van der Waals surface area contributed by atoms with Gasteiger partial charge in [0.1, 0.15) is 6.29 Å². The number of hydrogen-bond acceptors (Lipinski definition) is 4. The van der Waals surface area contributed by atoms with Gasteiger partial charge in [-0.25, -0.2) is 6.92 Å². The van der Waals surface area contributed by atoms with Gasteiger partial charge in [0.2, 0.25) is 0 Å². The minimum Gasteiger partial charge on any atom is -0.341 e. The van der Waals surface area contributed by atoms with Crippen molar-refractivity contribution in [3.63, 3.8) is 0 Å². The van der Waals surface area contributed by atoms with Crippen LogP contribution in [0.3, 0.4) is 0 Å². The summed E-state index contributed by atoms with van der Waals surface area (Å²) in [4.78, 5) is 16.4. The zero-order chi connectivity index (χ0) is 34.6. The maximum atomic E-state index is 8.81. The summed E-state index contributed by atoms with van der Waals surface area (Å²) in [7, 11) is 4.17. The molecule has 2 fully saturated rings. The largest absolute Gasteiger partial charge is 1.00 e. The third kappa shape index (κ3) is 36.7. The van der Waals surface area contributed by atoms with Crippen molar-refractivity contribution in [3.8, 4) is 0 Å². The third-order valence-corrected chi connectivity index (χ3v) is 8.04. The van der Waals surface area contributed by atoms with E-state index in [2.05, 4.69) is 113 Å². The predicted octanol–water partition coefficient (Wildman–Crippen LogP) is 9.52. The van der Waals surface area contributed by atoms with Crippen LogP contribution in [0.25, 0.3) is 5.57 Å². The summed E-state index contributed by atoms with van der Waals surface area (Å²) < 4.78 is 0. The minimum absolute atomic E-state index is 0. The van der Waals surface area contributed by atoms with E-state index in [-0.39, 0.29) is 51.4 Å². The standard InChI is InChI=1S/C14H18NS.C10H20.C5H13N.C5H10.C4H8.C2H4O.K/c1-5-7-11(3)9-13(8-6-2)14-15-10-12(4)16-14;1-8(2)7-9(3)10(4,5)6;1-4-5-6(2)3;1-5-3-2-4-5;1-2-4-3-1;1-2-3;/h5,7,9-10H,1,4,6,8H2,2-3H3;8-9H,1,3,7H2,2,4-6H3;4-5H2,1-3H3;5H,2-4H2,1H3;1-4H2;2H,1H3;/q-1;-2;;;;;+1/b11-7-,13-9+;;;;;;. The van der Waals surface area contributed by atoms with Crippen molar-refractivity contribution in [2.45, 2.75) is 133 Å². The molecule has 1 heterocycles. The Kier molecular flexibility index (Phi) is 39.0. The van der Waals surface area contributed by atoms with Crippen LogP contribution < -0.4 is 51.4 Å². The van der Waals surface area contributed by atoms with Crippen LogP contribution in [-0.2, 0) is 4.79 Å². The van der Waals surface area contributed by atoms with Crippen LogP contribution in [0.2, 0.25) is 0 Å². The molecule has 2 aliphatic rings. The number of carbonyl (C=O) groups is 1. The fraction of sp³-hybridized carbons (Fsp3) is 0.675. The third-order valence-electron chi connectivity index (χ3n) is 7.11. The van der Waals surface area contributed by atoms with Crippen molar-refractivity contribution >= 4 is 23.2 Å². The van der Waals surface area contributed by atoms with E-state index in [0.29, 0.717) is 17.3 Å². The Morgan fingerprint density at radius 2 is 1.60 bits per heavy atom. The molecule has 258 valence electrons. The topological polar surface area (TPSA) is 33.2 Å². The summed E-state index contributed by atoms with van der Waals surface area (Å²) in [6.45, 7) is 35.9. The molecule has 1 aromatic rings. The summed E-state index contributed by atoms with van der Waals surface area (Å²) in [5, 5.41) is 1.09. The molecule has 3 nitrogen and oxygen atoms in total. The van der Waals surface area contributed by atoms with Gasteiger partial charge in [-0.1, -0.05) is 136 Å². The van der Waals surface area contributed by atoms with E-state index in [1.807, 2.05) is 18.3 Å². The molecule has 0 N–H and O–H groups in total. The molecular formula is C40H73KN2OS-2. The Morgan fingerprint density at radius 1 is 1.11 bits per heavy atom. The summed E-state index contributed by atoms with van der Waals surface area (Å²) >= 11 is 1.65. The van der Waals surface area contributed by atoms with Gasteiger partial charge in [-0.3, -0.25) is 0 Å². The molecule has 0 spiro atoms. The number of aldehydes is 1. The normalized spacial score (nSPS) is 15.3. The minimum atomic E-state index is 0. The first-order valence-corrected chi connectivity index (χ1v) is 17.9. The zero-order valence-corrected chi connectivity index (χ0v) is 36.1. The molecule has 0 aliphatic heterocycles. The second-order valence-electron chi connectivity index (χ2n) is 13.6. The average Bonchev–Trinajstić information content (AvgIpc) is 3.28. The maximum Gasteiger partial charge on any atom is 1.00 e. The van der Waals surface area contributed by atoms with E-state index in [4.69, 9.17) is 4.79 Å². The van der Waals surface area contributed by atoms with Gasteiger partial charge in [0, 0.05) is 0 Å². The van der Waals surface area contributed by atoms with Crippen LogP contribution in [0.4, 0.5) is 0 Å². The van der Waals surface area contributed by atoms with Crippen LogP contribution >= 0.6 is 11.3 Å². The molecule has 2 unspecified atom stereocenters. The van der Waals surface area contributed by atoms with Crippen molar-refractivity contribution < 1.29 is 56.2 Å². The molecule has 3 rings (SSSR count). The molecule has 0 amide bonds. The monoisotopic (exact) mass is 669 g/mol. The molecule has 0 bridgehead atoms. The molecule has 0 saturated heterocycles. The predicted molar refractivity (Wildman–Crippen MR) is 203 cm³/mol. The van der Waals surface area contributed by atoms with Crippen molar-refractivity contribution in [2.24, 2.45) is 23.2 Å². The second-order valence-corrected chi connectivity index (χ2v) is 14.7. The Hall–Kier alpha value is -0.0136. The van der Waals surface area contributed by atoms with Crippen molar-refractivity contribution in [1.29, 1.82) is 0 Å². The van der Waals surface area contributed by atoms with Gasteiger partial charge in [-0.2, -0.15) is 23.2 Å². The Morgan fingerprint density at radius 3 is 1.80 bits per heavy atom. The SMILES string of the molecule is C1CCC1.C=C/C=C(C)\C=C(/CCC)c1ncc([CH2-])s1.CC1CCC1.CC=O.CCCN(C)C.[CH2-]C(C)CC([CH2-])C(C)(C)C.[K+]. The average molecular weight is 669 g/mol. The summed E-state index contributed by atoms with van der Waals surface area (Å²) in [5.74, 6) is 2.12. The van der Waals surface area contributed by atoms with E-state index < -0.39 is 0 Å². The quantitative estimate of drug-likeness (QED) is 0.114. The van der Waals surface area contributed by atoms with Gasteiger partial charge in [-0.05, 0) is 58.8 Å². The van der Waals surface area contributed by atoms with E-state index in [1.54, 1.807) is 11.3 Å². The number of nitrogens with zero attached hydrogens (tertiary/aromatic N) is 2.